The van der Waals surface area contributed by atoms with Gasteiger partial charge < -0.3 is 15.3 Å². The molecule has 0 radical (unpaired) electrons. The van der Waals surface area contributed by atoms with Crippen LogP contribution in [0.5, 0.6) is 5.75 Å². The molecule has 2 atom stereocenters. The van der Waals surface area contributed by atoms with E-state index in [0.717, 1.165) is 16.7 Å². The van der Waals surface area contributed by atoms with Crippen molar-refractivity contribution in [1.82, 2.24) is 19.7 Å². The second kappa shape index (κ2) is 7.38. The Morgan fingerprint density at radius 2 is 1.93 bits per heavy atom. The summed E-state index contributed by atoms with van der Waals surface area (Å²) in [4.78, 5) is 14.4. The number of alkyl halides is 4. The number of nitrogens with one attached hydrogen (secondary N) is 1. The van der Waals surface area contributed by atoms with E-state index >= 15 is 0 Å². The van der Waals surface area contributed by atoms with Gasteiger partial charge in [-0.2, -0.15) is 13.2 Å². The molecule has 0 unspecified atom stereocenters. The van der Waals surface area contributed by atoms with Gasteiger partial charge in [-0.3, -0.25) is 9.36 Å². The van der Waals surface area contributed by atoms with E-state index in [9.17, 15) is 27.5 Å². The van der Waals surface area contributed by atoms with Gasteiger partial charge in [0.15, 0.2) is 5.82 Å². The molecule has 0 saturated carbocycles. The van der Waals surface area contributed by atoms with Crippen molar-refractivity contribution in [2.45, 2.75) is 24.8 Å². The maximum atomic E-state index is 13.7. The van der Waals surface area contributed by atoms with Crippen molar-refractivity contribution in [2.75, 3.05) is 25.5 Å². The van der Waals surface area contributed by atoms with Gasteiger partial charge in [0.25, 0.3) is 5.56 Å². The molecule has 2 aromatic rings. The van der Waals surface area contributed by atoms with Gasteiger partial charge in [0.05, 0.1) is 11.1 Å². The average molecular weight is 401 g/mol. The fraction of sp³-hybridized carbons (Fsp3) is 0.471. The average Bonchev–Trinajstić information content (AvgIpc) is 2.58. The van der Waals surface area contributed by atoms with Crippen LogP contribution in [0.4, 0.5) is 23.4 Å². The van der Waals surface area contributed by atoms with Crippen molar-refractivity contribution in [3.63, 3.8) is 0 Å². The molecular weight excluding hydrogens is 382 g/mol. The standard InChI is InChI=1S/C17H19F4N5O2/c1-25-7-10(18)6-11(8-25)22-14-16(28)26(2)15(24-23-14)12-4-3-9(5-13(12)27)17(19,20)21/h3-5,10-11,27H,6-8H2,1-2H3,(H,22,23)/t10-,11+/m0/s1. The zero-order valence-corrected chi connectivity index (χ0v) is 15.2. The number of likely N-dealkylation sites (tertiary alicyclic amines) is 1. The number of phenols is 1. The first-order valence-electron chi connectivity index (χ1n) is 8.49. The molecule has 0 bridgehead atoms. The normalized spacial score (nSPS) is 20.9. The van der Waals surface area contributed by atoms with E-state index < -0.39 is 29.2 Å². The number of phenolic OH excluding ortho intramolecular Hbond substituents is 1. The van der Waals surface area contributed by atoms with Crippen molar-refractivity contribution in [1.29, 1.82) is 0 Å². The van der Waals surface area contributed by atoms with Crippen LogP contribution in [0, 0.1) is 0 Å². The Morgan fingerprint density at radius 1 is 1.21 bits per heavy atom. The minimum absolute atomic E-state index is 0.0622. The Hall–Kier alpha value is -2.69. The van der Waals surface area contributed by atoms with Gasteiger partial charge in [-0.15, -0.1) is 10.2 Å². The monoisotopic (exact) mass is 401 g/mol. The van der Waals surface area contributed by atoms with Crippen molar-refractivity contribution in [3.8, 4) is 17.1 Å². The fourth-order valence-corrected chi connectivity index (χ4v) is 3.23. The number of aromatic nitrogens is 3. The molecule has 0 aliphatic carbocycles. The van der Waals surface area contributed by atoms with Crippen molar-refractivity contribution in [3.05, 3.63) is 34.1 Å². The van der Waals surface area contributed by atoms with Crippen molar-refractivity contribution < 1.29 is 22.7 Å². The molecule has 1 saturated heterocycles. The fourth-order valence-electron chi connectivity index (χ4n) is 3.23. The van der Waals surface area contributed by atoms with E-state index in [1.54, 1.807) is 11.9 Å². The number of nitrogens with zero attached hydrogens (tertiary/aromatic N) is 4. The number of benzene rings is 1. The smallest absolute Gasteiger partial charge is 0.416 e. The van der Waals surface area contributed by atoms with E-state index in [-0.39, 0.29) is 29.7 Å². The molecule has 28 heavy (non-hydrogen) atoms. The molecule has 7 nitrogen and oxygen atoms in total. The lowest BCUT2D eigenvalue weighted by Gasteiger charge is -2.32. The van der Waals surface area contributed by atoms with Crippen LogP contribution >= 0.6 is 0 Å². The second-order valence-corrected chi connectivity index (χ2v) is 6.86. The van der Waals surface area contributed by atoms with Crippen LogP contribution in [-0.4, -0.2) is 57.1 Å². The molecular formula is C17H19F4N5O2. The third kappa shape index (κ3) is 4.08. The maximum Gasteiger partial charge on any atom is 0.416 e. The van der Waals surface area contributed by atoms with Crippen molar-refractivity contribution >= 4 is 5.82 Å². The van der Waals surface area contributed by atoms with Crippen LogP contribution in [0.2, 0.25) is 0 Å². The van der Waals surface area contributed by atoms with E-state index in [2.05, 4.69) is 15.5 Å². The summed E-state index contributed by atoms with van der Waals surface area (Å²) in [6, 6.07) is 2.04. The summed E-state index contributed by atoms with van der Waals surface area (Å²) in [6.45, 7) is 0.834. The SMILES string of the molecule is CN1C[C@@H](F)C[C@@H](Nc2nnc(-c3ccc(C(F)(F)F)cc3O)n(C)c2=O)C1. The van der Waals surface area contributed by atoms with Gasteiger partial charge in [-0.25, -0.2) is 4.39 Å². The van der Waals surface area contributed by atoms with Crippen LogP contribution in [0.1, 0.15) is 12.0 Å². The van der Waals surface area contributed by atoms with Gasteiger partial charge in [0.1, 0.15) is 11.9 Å². The quantitative estimate of drug-likeness (QED) is 0.766. The largest absolute Gasteiger partial charge is 0.507 e. The Kier molecular flexibility index (Phi) is 5.28. The first-order valence-corrected chi connectivity index (χ1v) is 8.49. The molecule has 2 N–H and O–H groups in total. The molecule has 1 fully saturated rings. The second-order valence-electron chi connectivity index (χ2n) is 6.86. The summed E-state index contributed by atoms with van der Waals surface area (Å²) in [7, 11) is 3.13. The molecule has 1 aliphatic heterocycles. The van der Waals surface area contributed by atoms with E-state index in [1.165, 1.54) is 7.05 Å². The zero-order valence-electron chi connectivity index (χ0n) is 15.2. The van der Waals surface area contributed by atoms with Gasteiger partial charge in [-0.1, -0.05) is 0 Å². The predicted octanol–water partition coefficient (Wildman–Crippen LogP) is 2.02. The Bertz CT molecular complexity index is 921. The van der Waals surface area contributed by atoms with Gasteiger partial charge in [0, 0.05) is 32.6 Å². The van der Waals surface area contributed by atoms with Crippen LogP contribution in [0.25, 0.3) is 11.4 Å². The lowest BCUT2D eigenvalue weighted by molar-refractivity contribution is -0.137. The summed E-state index contributed by atoms with van der Waals surface area (Å²) in [5.41, 5.74) is -1.67. The highest BCUT2D eigenvalue weighted by molar-refractivity contribution is 5.65. The van der Waals surface area contributed by atoms with Gasteiger partial charge in [0.2, 0.25) is 5.82 Å². The van der Waals surface area contributed by atoms with E-state index in [1.807, 2.05) is 0 Å². The number of anilines is 1. The predicted molar refractivity (Wildman–Crippen MR) is 93.8 cm³/mol. The topological polar surface area (TPSA) is 83.3 Å². The van der Waals surface area contributed by atoms with Crippen LogP contribution in [-0.2, 0) is 13.2 Å². The van der Waals surface area contributed by atoms with E-state index in [4.69, 9.17) is 0 Å². The summed E-state index contributed by atoms with van der Waals surface area (Å²) in [6.07, 6.45) is -5.42. The first-order chi connectivity index (χ1) is 13.1. The van der Waals surface area contributed by atoms with Crippen LogP contribution in [0.15, 0.2) is 23.0 Å². The molecule has 11 heteroatoms. The molecule has 3 rings (SSSR count). The van der Waals surface area contributed by atoms with Gasteiger partial charge >= 0.3 is 6.18 Å². The Labute approximate surface area is 157 Å². The minimum Gasteiger partial charge on any atom is -0.507 e. The number of rotatable bonds is 3. The highest BCUT2D eigenvalue weighted by Crippen LogP contribution is 2.35. The highest BCUT2D eigenvalue weighted by atomic mass is 19.4. The number of aromatic hydroxyl groups is 1. The molecule has 2 heterocycles. The molecule has 1 aromatic heterocycles. The number of hydrogen-bond donors (Lipinski definition) is 2. The molecule has 152 valence electrons. The lowest BCUT2D eigenvalue weighted by Crippen LogP contribution is -2.46. The third-order valence-corrected chi connectivity index (χ3v) is 4.56. The minimum atomic E-state index is -4.61. The first kappa shape index (κ1) is 20.1. The van der Waals surface area contributed by atoms with Crippen molar-refractivity contribution in [2.24, 2.45) is 7.05 Å². The number of likely N-dealkylation sites (N-methyl/N-ethyl adjacent to an activating group) is 1. The zero-order chi connectivity index (χ0) is 20.6. The van der Waals surface area contributed by atoms with Gasteiger partial charge in [-0.05, 0) is 25.2 Å². The molecule has 0 spiro atoms. The summed E-state index contributed by atoms with van der Waals surface area (Å²) in [5.74, 6) is -0.856. The third-order valence-electron chi connectivity index (χ3n) is 4.56. The molecule has 1 aliphatic rings. The Morgan fingerprint density at radius 3 is 2.54 bits per heavy atom. The number of piperidine rings is 1. The van der Waals surface area contributed by atoms with Crippen LogP contribution in [0.3, 0.4) is 0 Å². The number of hydrogen-bond acceptors (Lipinski definition) is 6. The maximum absolute atomic E-state index is 13.7. The Balaban J connectivity index is 1.89. The van der Waals surface area contributed by atoms with E-state index in [0.29, 0.717) is 19.2 Å². The lowest BCUT2D eigenvalue weighted by atomic mass is 10.1. The summed E-state index contributed by atoms with van der Waals surface area (Å²) >= 11 is 0. The molecule has 1 aromatic carbocycles. The van der Waals surface area contributed by atoms with Crippen LogP contribution < -0.4 is 10.9 Å². The highest BCUT2D eigenvalue weighted by Gasteiger charge is 2.31. The molecule has 0 amide bonds. The number of halogens is 4. The summed E-state index contributed by atoms with van der Waals surface area (Å²) < 4.78 is 53.0. The summed E-state index contributed by atoms with van der Waals surface area (Å²) in [5, 5.41) is 20.5.